The molecule has 1 atom stereocenters. The van der Waals surface area contributed by atoms with Crippen LogP contribution < -0.4 is 5.73 Å². The second-order valence-electron chi connectivity index (χ2n) is 4.71. The summed E-state index contributed by atoms with van der Waals surface area (Å²) in [6, 6.07) is 2.50. The summed E-state index contributed by atoms with van der Waals surface area (Å²) in [4.78, 5) is 12.2. The first-order valence-electron chi connectivity index (χ1n) is 6.30. The molecule has 1 unspecified atom stereocenters. The zero-order valence-electron chi connectivity index (χ0n) is 11.6. The molecule has 2 aromatic rings. The van der Waals surface area contributed by atoms with Gasteiger partial charge in [0.05, 0.1) is 11.9 Å². The molecule has 0 fully saturated rings. The molecule has 0 aliphatic rings. The topological polar surface area (TPSA) is 55.0 Å². The van der Waals surface area contributed by atoms with Crippen LogP contribution in [-0.2, 0) is 6.54 Å². The third-order valence-corrected chi connectivity index (χ3v) is 4.73. The van der Waals surface area contributed by atoms with E-state index in [4.69, 9.17) is 5.73 Å². The van der Waals surface area contributed by atoms with Crippen LogP contribution in [0, 0.1) is 0 Å². The fourth-order valence-electron chi connectivity index (χ4n) is 1.88. The zero-order valence-corrected chi connectivity index (χ0v) is 13.2. The molecular weight excluding hydrogens is 276 g/mol. The third kappa shape index (κ3) is 3.58. The number of rotatable bonds is 6. The normalized spacial score (nSPS) is 13.3. The molecule has 0 aliphatic heterocycles. The van der Waals surface area contributed by atoms with Gasteiger partial charge in [-0.2, -0.15) is 11.8 Å². The molecule has 2 N–H and O–H groups in total. The Morgan fingerprint density at radius 1 is 1.47 bits per heavy atom. The van der Waals surface area contributed by atoms with Crippen molar-refractivity contribution < 1.29 is 0 Å². The van der Waals surface area contributed by atoms with Crippen molar-refractivity contribution in [2.75, 3.05) is 24.8 Å². The lowest BCUT2D eigenvalue weighted by Crippen LogP contribution is -2.29. The minimum absolute atomic E-state index is 0.524. The highest BCUT2D eigenvalue weighted by Gasteiger charge is 2.12. The van der Waals surface area contributed by atoms with Crippen molar-refractivity contribution in [1.82, 2.24) is 14.9 Å². The van der Waals surface area contributed by atoms with Crippen molar-refractivity contribution in [1.29, 1.82) is 0 Å². The van der Waals surface area contributed by atoms with Crippen molar-refractivity contribution in [3.8, 4) is 0 Å². The number of nitrogen functional groups attached to an aromatic ring is 1. The van der Waals surface area contributed by atoms with Gasteiger partial charge in [0.2, 0.25) is 0 Å². The number of nitrogens with zero attached hydrogens (tertiary/aromatic N) is 3. The molecule has 0 aromatic carbocycles. The van der Waals surface area contributed by atoms with Gasteiger partial charge in [-0.05, 0) is 43.8 Å². The van der Waals surface area contributed by atoms with Crippen LogP contribution in [0.4, 0.5) is 5.82 Å². The molecule has 4 nitrogen and oxygen atoms in total. The van der Waals surface area contributed by atoms with E-state index in [2.05, 4.69) is 35.1 Å². The SMILES string of the molecule is CSCCC(C)N(C)Cc1nc(N)c2ccsc2n1. The van der Waals surface area contributed by atoms with E-state index in [0.717, 1.165) is 22.6 Å². The lowest BCUT2D eigenvalue weighted by atomic mass is 10.2. The van der Waals surface area contributed by atoms with Gasteiger partial charge in [0, 0.05) is 6.04 Å². The Morgan fingerprint density at radius 3 is 3.00 bits per heavy atom. The molecular formula is C13H20N4S2. The third-order valence-electron chi connectivity index (χ3n) is 3.28. The van der Waals surface area contributed by atoms with Crippen LogP contribution in [0.3, 0.4) is 0 Å². The van der Waals surface area contributed by atoms with Gasteiger partial charge >= 0.3 is 0 Å². The highest BCUT2D eigenvalue weighted by Crippen LogP contribution is 2.23. The van der Waals surface area contributed by atoms with E-state index in [1.165, 1.54) is 12.2 Å². The molecule has 0 amide bonds. The number of hydrogen-bond donors (Lipinski definition) is 1. The fraction of sp³-hybridized carbons (Fsp3) is 0.538. The molecule has 2 heterocycles. The Labute approximate surface area is 122 Å². The summed E-state index contributed by atoms with van der Waals surface area (Å²) >= 11 is 3.49. The molecule has 0 spiro atoms. The molecule has 2 aromatic heterocycles. The molecule has 0 saturated heterocycles. The Morgan fingerprint density at radius 2 is 2.26 bits per heavy atom. The summed E-state index contributed by atoms with van der Waals surface area (Å²) in [5, 5.41) is 2.97. The van der Waals surface area contributed by atoms with Crippen LogP contribution in [0.2, 0.25) is 0 Å². The number of nitrogens with two attached hydrogens (primary N) is 1. The summed E-state index contributed by atoms with van der Waals surface area (Å²) in [5.74, 6) is 2.58. The standard InChI is InChI=1S/C13H20N4S2/c1-9(4-6-18-3)17(2)8-11-15-12(14)10-5-7-19-13(10)16-11/h5,7,9H,4,6,8H2,1-3H3,(H2,14,15,16). The number of thioether (sulfide) groups is 1. The van der Waals surface area contributed by atoms with Crippen LogP contribution in [0.25, 0.3) is 10.2 Å². The number of anilines is 1. The molecule has 19 heavy (non-hydrogen) atoms. The van der Waals surface area contributed by atoms with Gasteiger partial charge in [-0.3, -0.25) is 4.90 Å². The quantitative estimate of drug-likeness (QED) is 0.888. The molecule has 0 radical (unpaired) electrons. The van der Waals surface area contributed by atoms with Crippen molar-refractivity contribution in [2.24, 2.45) is 0 Å². The first kappa shape index (κ1) is 14.6. The summed E-state index contributed by atoms with van der Waals surface area (Å²) < 4.78 is 0. The Kier molecular flexibility index (Phi) is 5.01. The molecule has 2 rings (SSSR count). The van der Waals surface area contributed by atoms with Crippen LogP contribution in [-0.4, -0.2) is 40.0 Å². The summed E-state index contributed by atoms with van der Waals surface area (Å²) in [5.41, 5.74) is 5.97. The van der Waals surface area contributed by atoms with Gasteiger partial charge < -0.3 is 5.73 Å². The van der Waals surface area contributed by atoms with Crippen LogP contribution >= 0.6 is 23.1 Å². The maximum Gasteiger partial charge on any atom is 0.146 e. The summed E-state index contributed by atoms with van der Waals surface area (Å²) in [6.45, 7) is 2.98. The predicted octanol–water partition coefficient (Wildman–Crippen LogP) is 2.85. The van der Waals surface area contributed by atoms with Crippen molar-refractivity contribution in [3.05, 3.63) is 17.3 Å². The second-order valence-corrected chi connectivity index (χ2v) is 6.59. The minimum atomic E-state index is 0.524. The molecule has 0 aliphatic carbocycles. The molecule has 0 saturated carbocycles. The minimum Gasteiger partial charge on any atom is -0.383 e. The average molecular weight is 296 g/mol. The first-order chi connectivity index (χ1) is 9.11. The number of aromatic nitrogens is 2. The molecule has 6 heteroatoms. The molecule has 104 valence electrons. The van der Waals surface area contributed by atoms with Crippen LogP contribution in [0.5, 0.6) is 0 Å². The lowest BCUT2D eigenvalue weighted by molar-refractivity contribution is 0.239. The fourth-order valence-corrected chi connectivity index (χ4v) is 3.25. The monoisotopic (exact) mass is 296 g/mol. The van der Waals surface area contributed by atoms with E-state index in [1.54, 1.807) is 11.3 Å². The number of hydrogen-bond acceptors (Lipinski definition) is 6. The summed E-state index contributed by atoms with van der Waals surface area (Å²) in [6.07, 6.45) is 3.32. The van der Waals surface area contributed by atoms with Gasteiger partial charge in [-0.15, -0.1) is 11.3 Å². The average Bonchev–Trinajstić information content (AvgIpc) is 2.84. The first-order valence-corrected chi connectivity index (χ1v) is 8.58. The van der Waals surface area contributed by atoms with E-state index < -0.39 is 0 Å². The largest absolute Gasteiger partial charge is 0.383 e. The van der Waals surface area contributed by atoms with Crippen molar-refractivity contribution in [3.63, 3.8) is 0 Å². The van der Waals surface area contributed by atoms with Gasteiger partial charge in [0.1, 0.15) is 16.5 Å². The Hall–Kier alpha value is -0.850. The van der Waals surface area contributed by atoms with E-state index >= 15 is 0 Å². The van der Waals surface area contributed by atoms with Gasteiger partial charge in [-0.25, -0.2) is 9.97 Å². The van der Waals surface area contributed by atoms with E-state index in [-0.39, 0.29) is 0 Å². The Bertz CT molecular complexity index is 540. The predicted molar refractivity (Wildman–Crippen MR) is 85.8 cm³/mol. The Balaban J connectivity index is 2.08. The second kappa shape index (κ2) is 6.54. The highest BCUT2D eigenvalue weighted by molar-refractivity contribution is 7.98. The van der Waals surface area contributed by atoms with Crippen LogP contribution in [0.15, 0.2) is 11.4 Å². The van der Waals surface area contributed by atoms with Crippen LogP contribution in [0.1, 0.15) is 19.2 Å². The van der Waals surface area contributed by atoms with E-state index in [9.17, 15) is 0 Å². The smallest absolute Gasteiger partial charge is 0.146 e. The molecule has 0 bridgehead atoms. The van der Waals surface area contributed by atoms with Crippen molar-refractivity contribution >= 4 is 39.1 Å². The zero-order chi connectivity index (χ0) is 13.8. The van der Waals surface area contributed by atoms with Gasteiger partial charge in [-0.1, -0.05) is 0 Å². The number of thiophene rings is 1. The summed E-state index contributed by atoms with van der Waals surface area (Å²) in [7, 11) is 2.11. The van der Waals surface area contributed by atoms with E-state index in [1.807, 2.05) is 23.2 Å². The van der Waals surface area contributed by atoms with Gasteiger partial charge in [0.25, 0.3) is 0 Å². The van der Waals surface area contributed by atoms with Crippen molar-refractivity contribution in [2.45, 2.75) is 25.9 Å². The number of fused-ring (bicyclic) bond motifs is 1. The van der Waals surface area contributed by atoms with Gasteiger partial charge in [0.15, 0.2) is 0 Å². The van der Waals surface area contributed by atoms with E-state index in [0.29, 0.717) is 11.9 Å². The maximum absolute atomic E-state index is 5.97. The maximum atomic E-state index is 5.97. The highest BCUT2D eigenvalue weighted by atomic mass is 32.2. The lowest BCUT2D eigenvalue weighted by Gasteiger charge is -2.23.